The third-order valence-corrected chi connectivity index (χ3v) is 3.83. The smallest absolute Gasteiger partial charge is 0.0314 e. The predicted octanol–water partition coefficient (Wildman–Crippen LogP) is 3.53. The van der Waals surface area contributed by atoms with Crippen LogP contribution in [0.2, 0.25) is 0 Å². The Balaban J connectivity index is 1.84. The molecule has 0 aliphatic heterocycles. The molecule has 106 valence electrons. The highest BCUT2D eigenvalue weighted by molar-refractivity contribution is 5.39. The fraction of sp³-hybridized carbons (Fsp3) is 0.333. The van der Waals surface area contributed by atoms with Gasteiger partial charge in [0, 0.05) is 12.2 Å². The molecule has 0 heterocycles. The first kappa shape index (κ1) is 14.6. The predicted molar refractivity (Wildman–Crippen MR) is 86.9 cm³/mol. The van der Waals surface area contributed by atoms with E-state index in [-0.39, 0.29) is 0 Å². The van der Waals surface area contributed by atoms with E-state index in [2.05, 4.69) is 50.4 Å². The number of hydrogen-bond donors (Lipinski definition) is 2. The van der Waals surface area contributed by atoms with E-state index >= 15 is 0 Å². The molecule has 2 aromatic carbocycles. The SMILES string of the molecule is Cc1cc(C)c(CCNCc2ccc(N)cc2)cc1C. The van der Waals surface area contributed by atoms with Crippen LogP contribution in [-0.4, -0.2) is 6.54 Å². The molecule has 0 radical (unpaired) electrons. The molecule has 0 amide bonds. The molecular weight excluding hydrogens is 244 g/mol. The van der Waals surface area contributed by atoms with Gasteiger partial charge in [-0.05, 0) is 73.7 Å². The van der Waals surface area contributed by atoms with E-state index in [4.69, 9.17) is 5.73 Å². The van der Waals surface area contributed by atoms with Gasteiger partial charge < -0.3 is 11.1 Å². The highest BCUT2D eigenvalue weighted by Gasteiger charge is 2.01. The lowest BCUT2D eigenvalue weighted by molar-refractivity contribution is 0.685. The van der Waals surface area contributed by atoms with E-state index in [1.165, 1.54) is 27.8 Å². The molecular formula is C18H24N2. The lowest BCUT2D eigenvalue weighted by atomic mass is 9.99. The molecule has 0 aliphatic carbocycles. The van der Waals surface area contributed by atoms with Gasteiger partial charge >= 0.3 is 0 Å². The first-order valence-electron chi connectivity index (χ1n) is 7.18. The highest BCUT2D eigenvalue weighted by Crippen LogP contribution is 2.15. The first-order valence-corrected chi connectivity index (χ1v) is 7.18. The zero-order valence-electron chi connectivity index (χ0n) is 12.7. The van der Waals surface area contributed by atoms with Crippen LogP contribution in [-0.2, 0) is 13.0 Å². The number of nitrogens with two attached hydrogens (primary N) is 1. The van der Waals surface area contributed by atoms with Crippen LogP contribution in [0, 0.1) is 20.8 Å². The number of benzene rings is 2. The molecule has 0 fully saturated rings. The van der Waals surface area contributed by atoms with Gasteiger partial charge in [0.1, 0.15) is 0 Å². The van der Waals surface area contributed by atoms with Crippen molar-refractivity contribution in [2.75, 3.05) is 12.3 Å². The summed E-state index contributed by atoms with van der Waals surface area (Å²) in [7, 11) is 0. The zero-order valence-corrected chi connectivity index (χ0v) is 12.7. The molecule has 0 saturated carbocycles. The summed E-state index contributed by atoms with van der Waals surface area (Å²) in [6, 6.07) is 12.6. The monoisotopic (exact) mass is 268 g/mol. The van der Waals surface area contributed by atoms with Crippen molar-refractivity contribution in [1.29, 1.82) is 0 Å². The van der Waals surface area contributed by atoms with Gasteiger partial charge in [-0.3, -0.25) is 0 Å². The van der Waals surface area contributed by atoms with Crippen LogP contribution in [0.4, 0.5) is 5.69 Å². The van der Waals surface area contributed by atoms with E-state index in [9.17, 15) is 0 Å². The molecule has 2 nitrogen and oxygen atoms in total. The average molecular weight is 268 g/mol. The van der Waals surface area contributed by atoms with Gasteiger partial charge in [-0.25, -0.2) is 0 Å². The molecule has 0 aliphatic rings. The Bertz CT molecular complexity index is 571. The molecule has 2 rings (SSSR count). The van der Waals surface area contributed by atoms with Gasteiger partial charge in [0.2, 0.25) is 0 Å². The van der Waals surface area contributed by atoms with Crippen LogP contribution in [0.5, 0.6) is 0 Å². The number of nitrogens with one attached hydrogen (secondary N) is 1. The van der Waals surface area contributed by atoms with E-state index in [1.54, 1.807) is 0 Å². The second-order valence-corrected chi connectivity index (χ2v) is 5.53. The average Bonchev–Trinajstić information content (AvgIpc) is 2.42. The summed E-state index contributed by atoms with van der Waals surface area (Å²) in [6.45, 7) is 8.44. The van der Waals surface area contributed by atoms with Crippen molar-refractivity contribution >= 4 is 5.69 Å². The summed E-state index contributed by atoms with van der Waals surface area (Å²) in [5.74, 6) is 0. The molecule has 20 heavy (non-hydrogen) atoms. The van der Waals surface area contributed by atoms with Crippen LogP contribution < -0.4 is 11.1 Å². The zero-order chi connectivity index (χ0) is 14.5. The number of rotatable bonds is 5. The van der Waals surface area contributed by atoms with E-state index < -0.39 is 0 Å². The van der Waals surface area contributed by atoms with Crippen molar-refractivity contribution in [1.82, 2.24) is 5.32 Å². The molecule has 0 atom stereocenters. The summed E-state index contributed by atoms with van der Waals surface area (Å²) >= 11 is 0. The van der Waals surface area contributed by atoms with Gasteiger partial charge in [0.15, 0.2) is 0 Å². The van der Waals surface area contributed by atoms with Crippen LogP contribution >= 0.6 is 0 Å². The fourth-order valence-electron chi connectivity index (χ4n) is 2.38. The second-order valence-electron chi connectivity index (χ2n) is 5.53. The standard InChI is InChI=1S/C18H24N2/c1-13-10-15(3)17(11-14(13)2)8-9-20-12-16-4-6-18(19)7-5-16/h4-7,10-11,20H,8-9,12,19H2,1-3H3. The van der Waals surface area contributed by atoms with Gasteiger partial charge in [-0.1, -0.05) is 24.3 Å². The van der Waals surface area contributed by atoms with Crippen molar-refractivity contribution in [2.24, 2.45) is 0 Å². The Morgan fingerprint density at radius 1 is 0.900 bits per heavy atom. The molecule has 0 spiro atoms. The van der Waals surface area contributed by atoms with Crippen molar-refractivity contribution < 1.29 is 0 Å². The maximum atomic E-state index is 5.68. The summed E-state index contributed by atoms with van der Waals surface area (Å²) in [5, 5.41) is 3.49. The van der Waals surface area contributed by atoms with Crippen molar-refractivity contribution in [3.63, 3.8) is 0 Å². The van der Waals surface area contributed by atoms with Gasteiger partial charge in [-0.15, -0.1) is 0 Å². The molecule has 2 aromatic rings. The molecule has 2 heteroatoms. The lowest BCUT2D eigenvalue weighted by Gasteiger charge is -2.11. The summed E-state index contributed by atoms with van der Waals surface area (Å²) in [4.78, 5) is 0. The van der Waals surface area contributed by atoms with E-state index in [1.807, 2.05) is 12.1 Å². The Morgan fingerprint density at radius 2 is 1.55 bits per heavy atom. The quantitative estimate of drug-likeness (QED) is 0.643. The Kier molecular flexibility index (Phi) is 4.80. The Hall–Kier alpha value is -1.80. The van der Waals surface area contributed by atoms with Crippen molar-refractivity contribution in [3.8, 4) is 0 Å². The minimum Gasteiger partial charge on any atom is -0.399 e. The molecule has 3 N–H and O–H groups in total. The van der Waals surface area contributed by atoms with Crippen molar-refractivity contribution in [2.45, 2.75) is 33.7 Å². The number of aryl methyl sites for hydroxylation is 3. The van der Waals surface area contributed by atoms with Crippen LogP contribution in [0.25, 0.3) is 0 Å². The van der Waals surface area contributed by atoms with Crippen LogP contribution in [0.15, 0.2) is 36.4 Å². The van der Waals surface area contributed by atoms with Gasteiger partial charge in [0.05, 0.1) is 0 Å². The minimum absolute atomic E-state index is 0.819. The van der Waals surface area contributed by atoms with Gasteiger partial charge in [-0.2, -0.15) is 0 Å². The normalized spacial score (nSPS) is 10.8. The molecule has 0 bridgehead atoms. The van der Waals surface area contributed by atoms with Gasteiger partial charge in [0.25, 0.3) is 0 Å². The topological polar surface area (TPSA) is 38.0 Å². The number of hydrogen-bond acceptors (Lipinski definition) is 2. The molecule has 0 unspecified atom stereocenters. The minimum atomic E-state index is 0.819. The fourth-order valence-corrected chi connectivity index (χ4v) is 2.38. The number of nitrogen functional groups attached to an aromatic ring is 1. The number of anilines is 1. The third-order valence-electron chi connectivity index (χ3n) is 3.83. The summed E-state index contributed by atoms with van der Waals surface area (Å²) in [5.41, 5.74) is 13.4. The van der Waals surface area contributed by atoms with Crippen LogP contribution in [0.1, 0.15) is 27.8 Å². The van der Waals surface area contributed by atoms with Crippen molar-refractivity contribution in [3.05, 3.63) is 64.2 Å². The maximum absolute atomic E-state index is 5.68. The highest BCUT2D eigenvalue weighted by atomic mass is 14.8. The largest absolute Gasteiger partial charge is 0.399 e. The summed E-state index contributed by atoms with van der Waals surface area (Å²) in [6.07, 6.45) is 1.07. The molecule has 0 aromatic heterocycles. The second kappa shape index (κ2) is 6.58. The molecule has 0 saturated heterocycles. The van der Waals surface area contributed by atoms with Crippen LogP contribution in [0.3, 0.4) is 0 Å². The summed E-state index contributed by atoms with van der Waals surface area (Å²) < 4.78 is 0. The third kappa shape index (κ3) is 3.84. The Labute approximate surface area is 122 Å². The Morgan fingerprint density at radius 3 is 2.25 bits per heavy atom. The maximum Gasteiger partial charge on any atom is 0.0314 e. The first-order chi connectivity index (χ1) is 9.56. The van der Waals surface area contributed by atoms with E-state index in [0.717, 1.165) is 25.2 Å². The lowest BCUT2D eigenvalue weighted by Crippen LogP contribution is -2.17. The van der Waals surface area contributed by atoms with E-state index in [0.29, 0.717) is 0 Å².